The highest BCUT2D eigenvalue weighted by atomic mass is 79.9. The largest absolute Gasteiger partial charge is 0.490 e. The van der Waals surface area contributed by atoms with E-state index >= 15 is 0 Å². The van der Waals surface area contributed by atoms with E-state index in [-0.39, 0.29) is 11.7 Å². The van der Waals surface area contributed by atoms with Gasteiger partial charge < -0.3 is 9.47 Å². The summed E-state index contributed by atoms with van der Waals surface area (Å²) in [6.07, 6.45) is 1.55. The minimum absolute atomic E-state index is 0.173. The zero-order valence-corrected chi connectivity index (χ0v) is 23.7. The highest BCUT2D eigenvalue weighted by Crippen LogP contribution is 2.37. The van der Waals surface area contributed by atoms with Crippen LogP contribution in [-0.4, -0.2) is 34.7 Å². The number of nitrogens with zero attached hydrogens (tertiary/aromatic N) is 3. The van der Waals surface area contributed by atoms with Gasteiger partial charge in [-0.3, -0.25) is 4.79 Å². The number of nitrogens with one attached hydrogen (secondary N) is 1. The number of amides is 1. The Bertz CT molecular complexity index is 1370. The molecule has 0 radical (unpaired) electrons. The zero-order valence-electron chi connectivity index (χ0n) is 19.7. The van der Waals surface area contributed by atoms with Crippen LogP contribution in [0.1, 0.15) is 18.1 Å². The average Bonchev–Trinajstić information content (AvgIpc) is 3.38. The first-order valence-electron chi connectivity index (χ1n) is 11.2. The Kier molecular flexibility index (Phi) is 9.95. The SMILES string of the molecule is CCOc1cc(C=NNC(=O)CSc2nnc(-c3ccccc3)s2)cc(Br)c1OCc1ccc(Cl)cc1. The van der Waals surface area contributed by atoms with Crippen LogP contribution >= 0.6 is 50.6 Å². The summed E-state index contributed by atoms with van der Waals surface area (Å²) in [5.41, 5.74) is 5.26. The van der Waals surface area contributed by atoms with Gasteiger partial charge in [-0.1, -0.05) is 77.2 Å². The first-order valence-corrected chi connectivity index (χ1v) is 14.2. The molecule has 0 fully saturated rings. The van der Waals surface area contributed by atoms with Crippen LogP contribution in [0.3, 0.4) is 0 Å². The molecule has 0 aliphatic heterocycles. The molecule has 0 saturated carbocycles. The van der Waals surface area contributed by atoms with Gasteiger partial charge >= 0.3 is 0 Å². The second-order valence-electron chi connectivity index (χ2n) is 7.50. The van der Waals surface area contributed by atoms with Gasteiger partial charge in [-0.25, -0.2) is 5.43 Å². The first-order chi connectivity index (χ1) is 18.0. The van der Waals surface area contributed by atoms with Crippen molar-refractivity contribution in [2.75, 3.05) is 12.4 Å². The Morgan fingerprint density at radius 2 is 1.92 bits per heavy atom. The van der Waals surface area contributed by atoms with Gasteiger partial charge in [-0.2, -0.15) is 5.10 Å². The fraction of sp³-hybridized carbons (Fsp3) is 0.154. The topological polar surface area (TPSA) is 85.7 Å². The highest BCUT2D eigenvalue weighted by molar-refractivity contribution is 9.10. The third-order valence-electron chi connectivity index (χ3n) is 4.78. The number of hydrogen-bond donors (Lipinski definition) is 1. The number of carbonyl (C=O) groups is 1. The number of halogens is 2. The summed E-state index contributed by atoms with van der Waals surface area (Å²) in [5.74, 6) is 1.08. The number of hydrogen-bond acceptors (Lipinski definition) is 8. The summed E-state index contributed by atoms with van der Waals surface area (Å²) in [6.45, 7) is 2.73. The number of thioether (sulfide) groups is 1. The van der Waals surface area contributed by atoms with Crippen LogP contribution in [0.5, 0.6) is 11.5 Å². The quantitative estimate of drug-likeness (QED) is 0.113. The van der Waals surface area contributed by atoms with Crippen LogP contribution in [0.25, 0.3) is 10.6 Å². The maximum atomic E-state index is 12.3. The Labute approximate surface area is 236 Å². The molecular formula is C26H22BrClN4O3S2. The van der Waals surface area contributed by atoms with Crippen LogP contribution in [0.4, 0.5) is 0 Å². The molecule has 190 valence electrons. The normalized spacial score (nSPS) is 11.0. The third kappa shape index (κ3) is 8.03. The van der Waals surface area contributed by atoms with Crippen molar-refractivity contribution in [2.45, 2.75) is 17.9 Å². The molecule has 0 saturated heterocycles. The lowest BCUT2D eigenvalue weighted by atomic mass is 10.2. The zero-order chi connectivity index (χ0) is 26.0. The number of hydrazone groups is 1. The highest BCUT2D eigenvalue weighted by Gasteiger charge is 2.13. The molecule has 37 heavy (non-hydrogen) atoms. The number of rotatable bonds is 11. The fourth-order valence-electron chi connectivity index (χ4n) is 3.11. The molecule has 0 bridgehead atoms. The molecule has 4 rings (SSSR count). The van der Waals surface area contributed by atoms with Crippen molar-refractivity contribution in [2.24, 2.45) is 5.10 Å². The molecule has 1 amide bonds. The van der Waals surface area contributed by atoms with Crippen molar-refractivity contribution in [1.29, 1.82) is 0 Å². The molecule has 0 spiro atoms. The van der Waals surface area contributed by atoms with Crippen LogP contribution in [0.2, 0.25) is 5.02 Å². The van der Waals surface area contributed by atoms with Crippen molar-refractivity contribution in [3.63, 3.8) is 0 Å². The third-order valence-corrected chi connectivity index (χ3v) is 7.73. The lowest BCUT2D eigenvalue weighted by molar-refractivity contribution is -0.118. The molecule has 7 nitrogen and oxygen atoms in total. The molecule has 0 aliphatic carbocycles. The number of ether oxygens (including phenoxy) is 2. The van der Waals surface area contributed by atoms with Crippen LogP contribution < -0.4 is 14.9 Å². The molecule has 4 aromatic rings. The summed E-state index contributed by atoms with van der Waals surface area (Å²) in [6, 6.07) is 20.9. The Morgan fingerprint density at radius 1 is 1.14 bits per heavy atom. The van der Waals surface area contributed by atoms with Gasteiger partial charge in [-0.05, 0) is 58.2 Å². The molecule has 0 unspecified atom stereocenters. The summed E-state index contributed by atoms with van der Waals surface area (Å²) >= 11 is 12.3. The van der Waals surface area contributed by atoms with Crippen molar-refractivity contribution in [1.82, 2.24) is 15.6 Å². The van der Waals surface area contributed by atoms with Gasteiger partial charge in [0.05, 0.1) is 23.0 Å². The summed E-state index contributed by atoms with van der Waals surface area (Å²) in [4.78, 5) is 12.3. The van der Waals surface area contributed by atoms with Gasteiger partial charge in [0.2, 0.25) is 0 Å². The van der Waals surface area contributed by atoms with Crippen molar-refractivity contribution < 1.29 is 14.3 Å². The lowest BCUT2D eigenvalue weighted by Crippen LogP contribution is -2.19. The molecular weight excluding hydrogens is 596 g/mol. The molecule has 1 aromatic heterocycles. The van der Waals surface area contributed by atoms with Gasteiger partial charge in [-0.15, -0.1) is 10.2 Å². The van der Waals surface area contributed by atoms with Crippen molar-refractivity contribution in [3.05, 3.63) is 87.4 Å². The lowest BCUT2D eigenvalue weighted by Gasteiger charge is -2.14. The minimum atomic E-state index is -0.246. The Balaban J connectivity index is 1.32. The molecule has 1 heterocycles. The van der Waals surface area contributed by atoms with E-state index < -0.39 is 0 Å². The van der Waals surface area contributed by atoms with Crippen molar-refractivity contribution in [3.8, 4) is 22.1 Å². The minimum Gasteiger partial charge on any atom is -0.490 e. The van der Waals surface area contributed by atoms with E-state index in [1.807, 2.05) is 73.7 Å². The van der Waals surface area contributed by atoms with Gasteiger partial charge in [0.25, 0.3) is 5.91 Å². The number of benzene rings is 3. The Morgan fingerprint density at radius 3 is 2.68 bits per heavy atom. The van der Waals surface area contributed by atoms with Crippen molar-refractivity contribution >= 4 is 62.8 Å². The van der Waals surface area contributed by atoms with E-state index in [1.54, 1.807) is 6.21 Å². The maximum Gasteiger partial charge on any atom is 0.250 e. The molecule has 0 aliphatic rings. The predicted octanol–water partition coefficient (Wildman–Crippen LogP) is 6.84. The van der Waals surface area contributed by atoms with Gasteiger partial charge in [0, 0.05) is 10.6 Å². The molecule has 3 aromatic carbocycles. The molecule has 0 atom stereocenters. The summed E-state index contributed by atoms with van der Waals surface area (Å²) in [5, 5.41) is 13.9. The molecule has 1 N–H and O–H groups in total. The second kappa shape index (κ2) is 13.6. The van der Waals surface area contributed by atoms with Crippen LogP contribution in [-0.2, 0) is 11.4 Å². The number of aromatic nitrogens is 2. The standard InChI is InChI=1S/C26H22BrClN4O3S2/c1-2-34-22-13-18(12-21(27)24(22)35-15-17-8-10-20(28)11-9-17)14-29-30-23(33)16-36-26-32-31-25(37-26)19-6-4-3-5-7-19/h3-14H,2,15-16H2,1H3,(H,30,33). The van der Waals surface area contributed by atoms with E-state index in [4.69, 9.17) is 21.1 Å². The van der Waals surface area contributed by atoms with Gasteiger partial charge in [0.1, 0.15) is 11.6 Å². The Hall–Kier alpha value is -2.92. The van der Waals surface area contributed by atoms with Crippen LogP contribution in [0.15, 0.2) is 80.6 Å². The smallest absolute Gasteiger partial charge is 0.250 e. The maximum absolute atomic E-state index is 12.3. The van der Waals surface area contributed by atoms with Crippen LogP contribution in [0, 0.1) is 0 Å². The van der Waals surface area contributed by atoms with Gasteiger partial charge in [0.15, 0.2) is 15.8 Å². The van der Waals surface area contributed by atoms with E-state index in [0.717, 1.165) is 26.0 Å². The number of carbonyl (C=O) groups excluding carboxylic acids is 1. The predicted molar refractivity (Wildman–Crippen MR) is 153 cm³/mol. The first kappa shape index (κ1) is 27.1. The fourth-order valence-corrected chi connectivity index (χ4v) is 5.46. The van der Waals surface area contributed by atoms with E-state index in [9.17, 15) is 4.79 Å². The summed E-state index contributed by atoms with van der Waals surface area (Å²) in [7, 11) is 0. The average molecular weight is 618 g/mol. The second-order valence-corrected chi connectivity index (χ2v) is 11.0. The van der Waals surface area contributed by atoms with E-state index in [2.05, 4.69) is 36.7 Å². The monoisotopic (exact) mass is 616 g/mol. The summed E-state index contributed by atoms with van der Waals surface area (Å²) < 4.78 is 13.2. The molecule has 11 heteroatoms. The van der Waals surface area contributed by atoms with E-state index in [0.29, 0.717) is 34.2 Å². The van der Waals surface area contributed by atoms with E-state index in [1.165, 1.54) is 23.1 Å².